The third-order valence-electron chi connectivity index (χ3n) is 20.6. The summed E-state index contributed by atoms with van der Waals surface area (Å²) in [4.78, 5) is 150. The van der Waals surface area contributed by atoms with Gasteiger partial charge in [-0.25, -0.2) is 9.36 Å². The summed E-state index contributed by atoms with van der Waals surface area (Å²) in [7, 11) is -0.673. The highest BCUT2D eigenvalue weighted by molar-refractivity contribution is 7.47. The van der Waals surface area contributed by atoms with E-state index in [1.807, 2.05) is 26.8 Å². The number of hydrogen-bond acceptors (Lipinski definition) is 22. The predicted octanol–water partition coefficient (Wildman–Crippen LogP) is 6.30. The minimum atomic E-state index is -4.51. The number of Topliss-reactive ketones (excluding diaryl/α,β-unsaturated/α-hetero) is 3. The Morgan fingerprint density at radius 1 is 0.832 bits per heavy atom. The zero-order valence-corrected chi connectivity index (χ0v) is 61.2. The van der Waals surface area contributed by atoms with E-state index in [-0.39, 0.29) is 81.2 Å². The summed E-state index contributed by atoms with van der Waals surface area (Å²) in [6.45, 7) is 13.3. The van der Waals surface area contributed by atoms with Gasteiger partial charge in [0.05, 0.1) is 49.4 Å². The van der Waals surface area contributed by atoms with Crippen molar-refractivity contribution in [2.24, 2.45) is 53.3 Å². The summed E-state index contributed by atoms with van der Waals surface area (Å²) >= 11 is 0. The largest absolute Gasteiger partial charge is 0.527 e. The summed E-state index contributed by atoms with van der Waals surface area (Å²) < 4.78 is 52.2. The molecule has 29 heteroatoms. The lowest BCUT2D eigenvalue weighted by Crippen LogP contribution is -2.64. The third kappa shape index (κ3) is 25.2. The van der Waals surface area contributed by atoms with Crippen LogP contribution in [0.15, 0.2) is 47.6 Å². The highest BCUT2D eigenvalue weighted by atomic mass is 31.2. The van der Waals surface area contributed by atoms with Crippen molar-refractivity contribution in [3.05, 3.63) is 53.1 Å². The van der Waals surface area contributed by atoms with Crippen molar-refractivity contribution in [2.45, 2.75) is 238 Å². The van der Waals surface area contributed by atoms with Crippen LogP contribution < -0.4 is 15.2 Å². The highest BCUT2D eigenvalue weighted by Crippen LogP contribution is 2.43. The first kappa shape index (κ1) is 85.3. The number of fused-ring (bicyclic) bond motifs is 3. The maximum absolute atomic E-state index is 15.0. The monoisotopic (exact) mass is 1450 g/mol. The van der Waals surface area contributed by atoms with E-state index < -0.39 is 202 Å². The minimum Gasteiger partial charge on any atom is -0.481 e. The van der Waals surface area contributed by atoms with Crippen molar-refractivity contribution in [1.82, 2.24) is 15.5 Å². The zero-order valence-electron chi connectivity index (χ0n) is 60.3. The average Bonchev–Trinajstić information content (AvgIpc) is 0.801. The Morgan fingerprint density at radius 2 is 1.48 bits per heavy atom. The summed E-state index contributed by atoms with van der Waals surface area (Å²) in [5.74, 6) is -19.1. The Morgan fingerprint density at radius 3 is 2.10 bits per heavy atom. The smallest absolute Gasteiger partial charge is 0.481 e. The van der Waals surface area contributed by atoms with Crippen LogP contribution in [0.4, 0.5) is 0 Å². The van der Waals surface area contributed by atoms with Crippen LogP contribution in [0.2, 0.25) is 0 Å². The summed E-state index contributed by atoms with van der Waals surface area (Å²) in [6.07, 6.45) is -3.16. The van der Waals surface area contributed by atoms with Crippen LogP contribution in [-0.2, 0) is 87.1 Å². The van der Waals surface area contributed by atoms with Gasteiger partial charge in [0.2, 0.25) is 17.6 Å². The average molecular weight is 1450 g/mol. The maximum Gasteiger partial charge on any atom is 0.527 e. The van der Waals surface area contributed by atoms with E-state index >= 15 is 0 Å². The number of aliphatic hydroxyl groups is 4. The lowest BCUT2D eigenvalue weighted by molar-refractivity contribution is -0.302. The number of phosphoric acid groups is 1. The number of carbonyl (C=O) groups is 10. The first-order chi connectivity index (χ1) is 47.6. The fourth-order valence-corrected chi connectivity index (χ4v) is 14.5. The number of cyclic esters (lactones) is 1. The van der Waals surface area contributed by atoms with E-state index in [9.17, 15) is 88.0 Å². The predicted molar refractivity (Wildman–Crippen MR) is 365 cm³/mol. The Balaban J connectivity index is 1.51. The van der Waals surface area contributed by atoms with Gasteiger partial charge in [0, 0.05) is 95.8 Å². The molecule has 9 N–H and O–H groups in total. The van der Waals surface area contributed by atoms with Crippen LogP contribution in [0.25, 0.3) is 0 Å². The number of aliphatic carboxylic acids is 2. The lowest BCUT2D eigenvalue weighted by atomic mass is 9.78. The number of carbonyl (C=O) groups excluding carboxylic acids is 8. The van der Waals surface area contributed by atoms with Gasteiger partial charge >= 0.3 is 31.7 Å². The summed E-state index contributed by atoms with van der Waals surface area (Å²) in [5.41, 5.74) is 1.50. The third-order valence-corrected chi connectivity index (χ3v) is 21.6. The number of methoxy groups -OCH3 is 2. The second-order valence-electron chi connectivity index (χ2n) is 28.4. The SMILES string of the molecule is CCC(C)[C@H](C)NC(=O)[C@@H](CCC(=O)O)CC(=O)[C@@H](CCC(=O)O)NC(=O)[C@H](CC(=O)OCC[C@@H]1/C=C(\C)C[C@H](C)C[C@H](OC)[C@H]2O[C@@](O)(C(=O)C(=O)N3CCCC[C@H]3C(=O)O[C@H](/C(C)=C/[C@@H]3CC[C@@H](O)[C@H](CO)C3)[C@H](C)[C@@H](O)CC1=O)[C@H](C)C[C@@H]2OC)Cc1ccc(OP(=O)(O)OC)cc1. The van der Waals surface area contributed by atoms with Crippen LogP contribution in [0.3, 0.4) is 0 Å². The molecule has 0 aromatic heterocycles. The van der Waals surface area contributed by atoms with Crippen LogP contribution >= 0.6 is 7.82 Å². The first-order valence-corrected chi connectivity index (χ1v) is 36.8. The second kappa shape index (κ2) is 40.1. The normalized spacial score (nSPS) is 30.2. The number of hydrogen-bond donors (Lipinski definition) is 9. The summed E-state index contributed by atoms with van der Waals surface area (Å²) in [6, 6.07) is 2.23. The number of phosphoric ester groups is 1. The zero-order chi connectivity index (χ0) is 75.2. The molecule has 0 spiro atoms. The van der Waals surface area contributed by atoms with Crippen molar-refractivity contribution in [2.75, 3.05) is 41.1 Å². The van der Waals surface area contributed by atoms with Crippen molar-refractivity contribution in [3.63, 3.8) is 0 Å². The van der Waals surface area contributed by atoms with Gasteiger partial charge in [-0.1, -0.05) is 70.9 Å². The molecule has 1 aromatic carbocycles. The minimum absolute atomic E-state index is 0.0106. The molecule has 101 heavy (non-hydrogen) atoms. The van der Waals surface area contributed by atoms with E-state index in [0.29, 0.717) is 61.7 Å². The number of carboxylic acid groups (broad SMARTS) is 2. The molecule has 1 saturated carbocycles. The van der Waals surface area contributed by atoms with Gasteiger partial charge in [0.25, 0.3) is 11.7 Å². The van der Waals surface area contributed by atoms with Crippen LogP contribution in [-0.4, -0.2) is 201 Å². The van der Waals surface area contributed by atoms with Crippen molar-refractivity contribution < 1.29 is 121 Å². The fraction of sp³-hybridized carbons (Fsp3) is 0.722. The number of ether oxygens (including phenoxy) is 5. The Kier molecular flexibility index (Phi) is 33.9. The molecular formula is C72H110N3O25P. The Hall–Kier alpha value is -6.33. The number of amides is 3. The van der Waals surface area contributed by atoms with Gasteiger partial charge in [-0.05, 0) is 145 Å². The number of benzene rings is 1. The molecule has 3 heterocycles. The molecule has 3 amide bonds. The van der Waals surface area contributed by atoms with E-state index in [0.717, 1.165) is 12.0 Å². The lowest BCUT2D eigenvalue weighted by Gasteiger charge is -2.47. The van der Waals surface area contributed by atoms with E-state index in [1.165, 1.54) is 38.5 Å². The molecule has 1 aromatic rings. The molecule has 2 saturated heterocycles. The molecule has 4 aliphatic rings. The topological polar surface area (TPSA) is 421 Å². The number of carboxylic acids is 2. The Labute approximate surface area is 591 Å². The first-order valence-electron chi connectivity index (χ1n) is 35.4. The van der Waals surface area contributed by atoms with Crippen LogP contribution in [0.5, 0.6) is 5.75 Å². The number of piperidine rings is 1. The standard InChI is InChI=1S/C72H110N3O25P/c1-12-42(4)46(8)73-68(87)50(19-24-62(81)82)36-59(80)54(22-25-63(83)84)74-69(88)51(34-47-16-20-53(21-17-47)100-101(92,93)96-11)37-64(85)97-28-26-49-30-40(2)29-41(3)31-60(94-9)66-61(95-10)33-44(6)72(91,99-66)67(86)70(89)75-27-14-13-15-55(75)71(90)98-65(45(7)57(78)38-58(49)79)43(5)32-48-18-23-56(77)52(35-48)39-76/h16-17,20-21,30,32,41-42,44-46,48-52,54-57,60-61,65-66,76-78,91H,12-15,18-19,22-29,31,33-39H2,1-11H3,(H,73,87)(H,74,88)(H,81,82)(H,83,84)(H,92,93)/b40-30+,43-32+/t41-,42?,44+,45+,46-,48-,49+,50-,51-,52-,54+,55-,56+,57-,60-,61-,65+,66+,72+/m0/s1. The molecule has 2 bridgehead atoms. The second-order valence-corrected chi connectivity index (χ2v) is 29.9. The number of allylic oxidation sites excluding steroid dienone is 3. The number of rotatable bonds is 30. The van der Waals surface area contributed by atoms with E-state index in [1.54, 1.807) is 40.7 Å². The van der Waals surface area contributed by atoms with Gasteiger partial charge in [0.1, 0.15) is 29.8 Å². The van der Waals surface area contributed by atoms with Gasteiger partial charge in [0.15, 0.2) is 5.78 Å². The van der Waals surface area contributed by atoms with Crippen molar-refractivity contribution in [1.29, 1.82) is 0 Å². The molecule has 1 aliphatic carbocycles. The molecule has 28 nitrogen and oxygen atoms in total. The Bertz CT molecular complexity index is 3110. The van der Waals surface area contributed by atoms with Gasteiger partial charge in [-0.15, -0.1) is 0 Å². The van der Waals surface area contributed by atoms with Gasteiger partial charge in [-0.2, -0.15) is 0 Å². The molecule has 20 atom stereocenters. The summed E-state index contributed by atoms with van der Waals surface area (Å²) in [5, 5.41) is 70.1. The van der Waals surface area contributed by atoms with Crippen molar-refractivity contribution >= 4 is 66.8 Å². The fourth-order valence-electron chi connectivity index (χ4n) is 14.0. The highest BCUT2D eigenvalue weighted by Gasteiger charge is 2.57. The molecule has 3 fully saturated rings. The molecule has 568 valence electrons. The quantitative estimate of drug-likeness (QED) is 0.0176. The number of ketones is 3. The molecule has 5 rings (SSSR count). The number of nitrogens with zero attached hydrogens (tertiary/aromatic N) is 1. The van der Waals surface area contributed by atoms with Gasteiger partial charge in [-0.3, -0.25) is 52.6 Å². The van der Waals surface area contributed by atoms with Crippen molar-refractivity contribution in [3.8, 4) is 5.75 Å². The molecule has 2 unspecified atom stereocenters. The van der Waals surface area contributed by atoms with E-state index in [2.05, 4.69) is 15.2 Å². The van der Waals surface area contributed by atoms with Crippen LogP contribution in [0, 0.1) is 53.3 Å². The number of esters is 2. The maximum atomic E-state index is 15.0. The molecular weight excluding hydrogens is 1340 g/mol. The van der Waals surface area contributed by atoms with Gasteiger partial charge < -0.3 is 74.4 Å². The number of aliphatic hydroxyl groups excluding tert-OH is 3. The van der Waals surface area contributed by atoms with E-state index in [4.69, 9.17) is 28.2 Å². The van der Waals surface area contributed by atoms with Crippen LogP contribution in [0.1, 0.15) is 177 Å². The molecule has 3 aliphatic heterocycles. The number of nitrogens with one attached hydrogen (secondary N) is 2. The molecule has 0 radical (unpaired) electrons.